The van der Waals surface area contributed by atoms with Gasteiger partial charge in [-0.25, -0.2) is 4.79 Å². The molecule has 0 saturated carbocycles. The van der Waals surface area contributed by atoms with E-state index in [0.29, 0.717) is 6.54 Å². The zero-order valence-corrected chi connectivity index (χ0v) is 8.42. The molecule has 0 amide bonds. The molecule has 0 aromatic heterocycles. The molecule has 0 bridgehead atoms. The molecule has 1 aromatic rings. The molecule has 1 aromatic carbocycles. The van der Waals surface area contributed by atoms with Gasteiger partial charge < -0.3 is 5.11 Å². The minimum absolute atomic E-state index is 0.324. The number of aliphatic carboxylic acids is 1. The number of carboxylic acids is 1. The maximum Gasteiger partial charge on any atom is 0.326 e. The van der Waals surface area contributed by atoms with Crippen LogP contribution in [0.3, 0.4) is 0 Å². The molecule has 1 rings (SSSR count). The first kappa shape index (κ1) is 11.1. The highest BCUT2D eigenvalue weighted by molar-refractivity contribution is 5.73. The molecule has 1 N–H and O–H groups in total. The van der Waals surface area contributed by atoms with E-state index in [2.05, 4.69) is 0 Å². The van der Waals surface area contributed by atoms with Gasteiger partial charge in [-0.2, -0.15) is 5.26 Å². The van der Waals surface area contributed by atoms with Crippen molar-refractivity contribution in [2.75, 3.05) is 0 Å². The summed E-state index contributed by atoms with van der Waals surface area (Å²) in [4.78, 5) is 11.9. The maximum atomic E-state index is 10.7. The third-order valence-corrected chi connectivity index (χ3v) is 2.15. The fourth-order valence-corrected chi connectivity index (χ4v) is 1.17. The van der Waals surface area contributed by atoms with Crippen molar-refractivity contribution in [1.82, 2.24) is 4.90 Å². The minimum atomic E-state index is -0.993. The molecule has 0 radical (unpaired) electrons. The van der Waals surface area contributed by atoms with E-state index in [9.17, 15) is 4.79 Å². The highest BCUT2D eigenvalue weighted by Gasteiger charge is 2.18. The predicted molar refractivity (Wildman–Crippen MR) is 54.7 cm³/mol. The van der Waals surface area contributed by atoms with E-state index >= 15 is 0 Å². The van der Waals surface area contributed by atoms with Gasteiger partial charge in [-0.15, -0.1) is 0 Å². The number of nitrogens with zero attached hydrogens (tertiary/aromatic N) is 2. The number of benzene rings is 1. The monoisotopic (exact) mass is 204 g/mol. The average molecular weight is 204 g/mol. The van der Waals surface area contributed by atoms with Crippen LogP contribution in [0.2, 0.25) is 0 Å². The molecular formula is C11H12N2O2. The molecule has 4 heteroatoms. The summed E-state index contributed by atoms with van der Waals surface area (Å²) >= 11 is 0. The van der Waals surface area contributed by atoms with Crippen molar-refractivity contribution in [2.24, 2.45) is 0 Å². The molecule has 0 heterocycles. The second-order valence-electron chi connectivity index (χ2n) is 3.23. The number of carboxylic acid groups (broad SMARTS) is 1. The van der Waals surface area contributed by atoms with Gasteiger partial charge in [0, 0.05) is 0 Å². The van der Waals surface area contributed by atoms with Crippen LogP contribution in [0.1, 0.15) is 12.5 Å². The van der Waals surface area contributed by atoms with Crippen molar-refractivity contribution < 1.29 is 9.90 Å². The summed E-state index contributed by atoms with van der Waals surface area (Å²) in [5, 5.41) is 17.6. The molecule has 0 saturated heterocycles. The van der Waals surface area contributed by atoms with Gasteiger partial charge >= 0.3 is 5.97 Å². The van der Waals surface area contributed by atoms with Gasteiger partial charge in [0.25, 0.3) is 0 Å². The van der Waals surface area contributed by atoms with Crippen LogP contribution in [0.5, 0.6) is 0 Å². The number of nitriles is 1. The zero-order chi connectivity index (χ0) is 11.3. The lowest BCUT2D eigenvalue weighted by molar-refractivity contribution is -0.141. The molecule has 4 nitrogen and oxygen atoms in total. The average Bonchev–Trinajstić information content (AvgIpc) is 2.26. The highest BCUT2D eigenvalue weighted by atomic mass is 16.4. The van der Waals surface area contributed by atoms with Gasteiger partial charge in [0.05, 0.1) is 6.54 Å². The Morgan fingerprint density at radius 1 is 1.53 bits per heavy atom. The van der Waals surface area contributed by atoms with Crippen molar-refractivity contribution in [1.29, 1.82) is 5.26 Å². The van der Waals surface area contributed by atoms with E-state index in [0.717, 1.165) is 5.56 Å². The molecule has 15 heavy (non-hydrogen) atoms. The lowest BCUT2D eigenvalue weighted by Gasteiger charge is -2.19. The van der Waals surface area contributed by atoms with Crippen LogP contribution < -0.4 is 0 Å². The molecule has 1 atom stereocenters. The summed E-state index contributed by atoms with van der Waals surface area (Å²) in [6.45, 7) is 1.82. The van der Waals surface area contributed by atoms with E-state index in [1.54, 1.807) is 0 Å². The number of hydrogen-bond acceptors (Lipinski definition) is 3. The first-order chi connectivity index (χ1) is 7.15. The fourth-order valence-electron chi connectivity index (χ4n) is 1.17. The van der Waals surface area contributed by atoms with Gasteiger partial charge in [0.2, 0.25) is 0 Å². The van der Waals surface area contributed by atoms with Crippen LogP contribution in [0, 0.1) is 11.5 Å². The maximum absolute atomic E-state index is 10.7. The normalized spacial score (nSPS) is 11.5. The quantitative estimate of drug-likeness (QED) is 0.595. The van der Waals surface area contributed by atoms with Crippen LogP contribution in [0.15, 0.2) is 30.3 Å². The molecule has 0 spiro atoms. The van der Waals surface area contributed by atoms with Gasteiger partial charge in [0.15, 0.2) is 6.19 Å². The summed E-state index contributed by atoms with van der Waals surface area (Å²) in [7, 11) is 0. The molecule has 0 aliphatic heterocycles. The lowest BCUT2D eigenvalue weighted by atomic mass is 10.2. The van der Waals surface area contributed by atoms with Gasteiger partial charge in [-0.05, 0) is 12.5 Å². The summed E-state index contributed by atoms with van der Waals surface area (Å²) in [5.41, 5.74) is 0.923. The van der Waals surface area contributed by atoms with Crippen LogP contribution in [0.4, 0.5) is 0 Å². The second kappa shape index (κ2) is 5.01. The summed E-state index contributed by atoms with van der Waals surface area (Å²) in [6, 6.07) is 8.51. The SMILES string of the molecule is CC(C(=O)O)N(C#N)Cc1ccccc1. The summed E-state index contributed by atoms with van der Waals surface area (Å²) in [6.07, 6.45) is 1.88. The molecule has 78 valence electrons. The van der Waals surface area contributed by atoms with E-state index in [4.69, 9.17) is 10.4 Å². The standard InChI is InChI=1S/C11H12N2O2/c1-9(11(14)15)13(8-12)7-10-5-3-2-4-6-10/h2-6,9H,7H2,1H3,(H,14,15). The van der Waals surface area contributed by atoms with Crippen LogP contribution in [0.25, 0.3) is 0 Å². The van der Waals surface area contributed by atoms with E-state index in [1.807, 2.05) is 36.5 Å². The summed E-state index contributed by atoms with van der Waals surface area (Å²) in [5.74, 6) is -0.993. The summed E-state index contributed by atoms with van der Waals surface area (Å²) < 4.78 is 0. The van der Waals surface area contributed by atoms with Gasteiger partial charge in [-0.1, -0.05) is 30.3 Å². The Bertz CT molecular complexity index is 370. The smallest absolute Gasteiger partial charge is 0.326 e. The Balaban J connectivity index is 2.71. The fraction of sp³-hybridized carbons (Fsp3) is 0.273. The Morgan fingerprint density at radius 2 is 2.13 bits per heavy atom. The number of carbonyl (C=O) groups is 1. The van der Waals surface area contributed by atoms with Gasteiger partial charge in [-0.3, -0.25) is 4.90 Å². The highest BCUT2D eigenvalue weighted by Crippen LogP contribution is 2.07. The molecule has 0 aliphatic carbocycles. The largest absolute Gasteiger partial charge is 0.480 e. The second-order valence-corrected chi connectivity index (χ2v) is 3.23. The molecular weight excluding hydrogens is 192 g/mol. The first-order valence-electron chi connectivity index (χ1n) is 4.58. The number of rotatable bonds is 4. The van der Waals surface area contributed by atoms with E-state index < -0.39 is 12.0 Å². The topological polar surface area (TPSA) is 64.3 Å². The van der Waals surface area contributed by atoms with Crippen LogP contribution in [-0.4, -0.2) is 22.0 Å². The van der Waals surface area contributed by atoms with Crippen molar-refractivity contribution >= 4 is 5.97 Å². The molecule has 0 fully saturated rings. The third kappa shape index (κ3) is 2.99. The molecule has 1 unspecified atom stereocenters. The lowest BCUT2D eigenvalue weighted by Crippen LogP contribution is -2.34. The Kier molecular flexibility index (Phi) is 3.69. The van der Waals surface area contributed by atoms with Crippen LogP contribution >= 0.6 is 0 Å². The van der Waals surface area contributed by atoms with Crippen molar-refractivity contribution in [3.63, 3.8) is 0 Å². The van der Waals surface area contributed by atoms with Crippen molar-refractivity contribution in [3.8, 4) is 6.19 Å². The van der Waals surface area contributed by atoms with E-state index in [1.165, 1.54) is 11.8 Å². The molecule has 0 aliphatic rings. The van der Waals surface area contributed by atoms with E-state index in [-0.39, 0.29) is 0 Å². The third-order valence-electron chi connectivity index (χ3n) is 2.15. The Labute approximate surface area is 88.4 Å². The van der Waals surface area contributed by atoms with Crippen LogP contribution in [-0.2, 0) is 11.3 Å². The van der Waals surface area contributed by atoms with Crippen molar-refractivity contribution in [2.45, 2.75) is 19.5 Å². The van der Waals surface area contributed by atoms with Crippen molar-refractivity contribution in [3.05, 3.63) is 35.9 Å². The Hall–Kier alpha value is -2.02. The Morgan fingerprint density at radius 3 is 2.60 bits per heavy atom. The zero-order valence-electron chi connectivity index (χ0n) is 8.42. The van der Waals surface area contributed by atoms with Gasteiger partial charge in [0.1, 0.15) is 6.04 Å². The number of hydrogen-bond donors (Lipinski definition) is 1. The predicted octanol–water partition coefficient (Wildman–Crippen LogP) is 1.44. The first-order valence-corrected chi connectivity index (χ1v) is 4.58. The minimum Gasteiger partial charge on any atom is -0.480 e.